The second-order valence-corrected chi connectivity index (χ2v) is 10.1. The SMILES string of the molecule is COc1ccc(C#N)cc1S(=O)(=O)NCCc1ccc(-c2ccccc2S(=O)(=O)O)cc1O. The van der Waals surface area contributed by atoms with Crippen molar-refractivity contribution in [3.8, 4) is 28.7 Å². The molecular weight excluding hydrogens is 468 g/mol. The average Bonchev–Trinajstić information content (AvgIpc) is 2.79. The second kappa shape index (κ2) is 9.60. The van der Waals surface area contributed by atoms with E-state index < -0.39 is 20.1 Å². The second-order valence-electron chi connectivity index (χ2n) is 6.94. The number of nitrogens with one attached hydrogen (secondary N) is 1. The average molecular weight is 489 g/mol. The highest BCUT2D eigenvalue weighted by Crippen LogP contribution is 2.31. The third kappa shape index (κ3) is 5.50. The van der Waals surface area contributed by atoms with Crippen LogP contribution in [0, 0.1) is 11.3 Å². The fourth-order valence-electron chi connectivity index (χ4n) is 3.23. The monoisotopic (exact) mass is 488 g/mol. The lowest BCUT2D eigenvalue weighted by molar-refractivity contribution is 0.402. The number of hydrogen-bond acceptors (Lipinski definition) is 7. The van der Waals surface area contributed by atoms with Gasteiger partial charge in [0.2, 0.25) is 10.0 Å². The van der Waals surface area contributed by atoms with Crippen molar-refractivity contribution in [2.75, 3.05) is 13.7 Å². The normalized spacial score (nSPS) is 11.7. The van der Waals surface area contributed by atoms with Crippen molar-refractivity contribution in [2.45, 2.75) is 16.2 Å². The van der Waals surface area contributed by atoms with Crippen molar-refractivity contribution >= 4 is 20.1 Å². The molecule has 0 spiro atoms. The van der Waals surface area contributed by atoms with Crippen molar-refractivity contribution in [2.24, 2.45) is 0 Å². The molecule has 3 aromatic rings. The molecule has 3 aromatic carbocycles. The van der Waals surface area contributed by atoms with E-state index in [1.807, 2.05) is 6.07 Å². The standard InChI is InChI=1S/C22H20N2O7S2/c1-31-20-9-6-15(14-23)12-22(20)32(26,27)24-11-10-16-7-8-17(13-19(16)25)18-4-2-3-5-21(18)33(28,29)30/h2-9,12-13,24-25H,10-11H2,1H3,(H,28,29,30). The smallest absolute Gasteiger partial charge is 0.295 e. The Morgan fingerprint density at radius 1 is 1.00 bits per heavy atom. The highest BCUT2D eigenvalue weighted by Gasteiger charge is 2.20. The number of nitrogens with zero attached hydrogens (tertiary/aromatic N) is 1. The summed E-state index contributed by atoms with van der Waals surface area (Å²) in [5.74, 6) is -0.0768. The first-order valence-electron chi connectivity index (χ1n) is 9.53. The highest BCUT2D eigenvalue weighted by molar-refractivity contribution is 7.89. The molecule has 0 aromatic heterocycles. The maximum atomic E-state index is 12.7. The zero-order valence-corrected chi connectivity index (χ0v) is 19.0. The Bertz CT molecular complexity index is 1440. The molecule has 9 nitrogen and oxygen atoms in total. The van der Waals surface area contributed by atoms with Crippen LogP contribution in [0.15, 0.2) is 70.5 Å². The summed E-state index contributed by atoms with van der Waals surface area (Å²) in [7, 11) is -7.14. The number of hydrogen-bond donors (Lipinski definition) is 3. The van der Waals surface area contributed by atoms with E-state index >= 15 is 0 Å². The van der Waals surface area contributed by atoms with Gasteiger partial charge < -0.3 is 9.84 Å². The number of ether oxygens (including phenoxy) is 1. The molecule has 3 N–H and O–H groups in total. The Labute approximate surface area is 191 Å². The Hall–Kier alpha value is -3.43. The molecule has 0 saturated carbocycles. The minimum atomic E-state index is -4.46. The lowest BCUT2D eigenvalue weighted by Crippen LogP contribution is -2.26. The van der Waals surface area contributed by atoms with Gasteiger partial charge in [0.05, 0.1) is 18.7 Å². The van der Waals surface area contributed by atoms with Crippen LogP contribution >= 0.6 is 0 Å². The topological polar surface area (TPSA) is 154 Å². The van der Waals surface area contributed by atoms with Gasteiger partial charge in [0, 0.05) is 12.1 Å². The van der Waals surface area contributed by atoms with Crippen LogP contribution in [-0.2, 0) is 26.6 Å². The summed E-state index contributed by atoms with van der Waals surface area (Å²) in [5.41, 5.74) is 1.16. The Balaban J connectivity index is 1.79. The van der Waals surface area contributed by atoms with E-state index in [1.54, 1.807) is 12.1 Å². The zero-order valence-electron chi connectivity index (χ0n) is 17.4. The Kier molecular flexibility index (Phi) is 7.04. The van der Waals surface area contributed by atoms with Crippen LogP contribution in [0.2, 0.25) is 0 Å². The van der Waals surface area contributed by atoms with Crippen LogP contribution in [0.1, 0.15) is 11.1 Å². The Morgan fingerprint density at radius 3 is 2.36 bits per heavy atom. The maximum Gasteiger partial charge on any atom is 0.295 e. The van der Waals surface area contributed by atoms with Crippen LogP contribution in [0.4, 0.5) is 0 Å². The molecule has 33 heavy (non-hydrogen) atoms. The first-order chi connectivity index (χ1) is 15.6. The largest absolute Gasteiger partial charge is 0.508 e. The molecule has 3 rings (SSSR count). The van der Waals surface area contributed by atoms with E-state index in [4.69, 9.17) is 10.00 Å². The summed E-state index contributed by atoms with van der Waals surface area (Å²) < 4.78 is 65.5. The fourth-order valence-corrected chi connectivity index (χ4v) is 5.17. The summed E-state index contributed by atoms with van der Waals surface area (Å²) >= 11 is 0. The quantitative estimate of drug-likeness (QED) is 0.409. The number of benzene rings is 3. The van der Waals surface area contributed by atoms with Crippen LogP contribution in [-0.4, -0.2) is 40.1 Å². The summed E-state index contributed by atoms with van der Waals surface area (Å²) in [5, 5.41) is 19.4. The van der Waals surface area contributed by atoms with Gasteiger partial charge in [0.1, 0.15) is 21.3 Å². The first kappa shape index (κ1) is 24.2. The predicted molar refractivity (Wildman–Crippen MR) is 120 cm³/mol. The molecule has 172 valence electrons. The molecule has 0 aliphatic heterocycles. The summed E-state index contributed by atoms with van der Waals surface area (Å²) in [6, 6.07) is 16.2. The van der Waals surface area contributed by atoms with Crippen molar-refractivity contribution in [3.63, 3.8) is 0 Å². The van der Waals surface area contributed by atoms with Crippen molar-refractivity contribution < 1.29 is 31.2 Å². The first-order valence-corrected chi connectivity index (χ1v) is 12.5. The van der Waals surface area contributed by atoms with E-state index in [9.17, 15) is 26.5 Å². The summed E-state index contributed by atoms with van der Waals surface area (Å²) in [6.45, 7) is -0.0587. The predicted octanol–water partition coefficient (Wildman–Crippen LogP) is 2.71. The van der Waals surface area contributed by atoms with Gasteiger partial charge in [0.25, 0.3) is 10.1 Å². The van der Waals surface area contributed by atoms with E-state index in [0.717, 1.165) is 0 Å². The molecule has 0 saturated heterocycles. The summed E-state index contributed by atoms with van der Waals surface area (Å²) in [4.78, 5) is -0.469. The minimum absolute atomic E-state index is 0.0587. The van der Waals surface area contributed by atoms with Crippen LogP contribution in [0.3, 0.4) is 0 Å². The van der Waals surface area contributed by atoms with Gasteiger partial charge in [0.15, 0.2) is 0 Å². The number of sulfonamides is 1. The lowest BCUT2D eigenvalue weighted by Gasteiger charge is -2.12. The van der Waals surface area contributed by atoms with Crippen LogP contribution in [0.25, 0.3) is 11.1 Å². The molecule has 0 radical (unpaired) electrons. The van der Waals surface area contributed by atoms with E-state index in [-0.39, 0.29) is 45.4 Å². The molecule has 0 unspecified atom stereocenters. The highest BCUT2D eigenvalue weighted by atomic mass is 32.2. The third-order valence-corrected chi connectivity index (χ3v) is 7.22. The van der Waals surface area contributed by atoms with E-state index in [1.165, 1.54) is 55.6 Å². The number of rotatable bonds is 8. The van der Waals surface area contributed by atoms with Gasteiger partial charge in [-0.2, -0.15) is 13.7 Å². The third-order valence-electron chi connectivity index (χ3n) is 4.83. The van der Waals surface area contributed by atoms with E-state index in [2.05, 4.69) is 4.72 Å². The lowest BCUT2D eigenvalue weighted by atomic mass is 10.0. The van der Waals surface area contributed by atoms with Crippen LogP contribution in [0.5, 0.6) is 11.5 Å². The number of aromatic hydroxyl groups is 1. The molecular formula is C22H20N2O7S2. The van der Waals surface area contributed by atoms with Crippen molar-refractivity contribution in [1.82, 2.24) is 4.72 Å². The maximum absolute atomic E-state index is 12.7. The minimum Gasteiger partial charge on any atom is -0.508 e. The van der Waals surface area contributed by atoms with Gasteiger partial charge in [-0.15, -0.1) is 0 Å². The molecule has 0 bridgehead atoms. The fraction of sp³-hybridized carbons (Fsp3) is 0.136. The van der Waals surface area contributed by atoms with E-state index in [0.29, 0.717) is 11.1 Å². The van der Waals surface area contributed by atoms with Crippen LogP contribution < -0.4 is 9.46 Å². The molecule has 0 aliphatic carbocycles. The van der Waals surface area contributed by atoms with Gasteiger partial charge in [-0.25, -0.2) is 13.1 Å². The number of methoxy groups -OCH3 is 1. The molecule has 0 fully saturated rings. The molecule has 0 heterocycles. The molecule has 11 heteroatoms. The van der Waals surface area contributed by atoms with Crippen molar-refractivity contribution in [1.29, 1.82) is 5.26 Å². The van der Waals surface area contributed by atoms with Gasteiger partial charge >= 0.3 is 0 Å². The number of phenolic OH excluding ortho intramolecular Hbond substituents is 1. The summed E-state index contributed by atoms with van der Waals surface area (Å²) in [6.07, 6.45) is 0.131. The molecule has 0 amide bonds. The zero-order chi connectivity index (χ0) is 24.2. The van der Waals surface area contributed by atoms with Crippen molar-refractivity contribution in [3.05, 3.63) is 71.8 Å². The van der Waals surface area contributed by atoms with Gasteiger partial charge in [-0.1, -0.05) is 30.3 Å². The Morgan fingerprint density at radius 2 is 1.73 bits per heavy atom. The van der Waals surface area contributed by atoms with Gasteiger partial charge in [-0.05, 0) is 47.9 Å². The number of nitriles is 1. The van der Waals surface area contributed by atoms with Gasteiger partial charge in [-0.3, -0.25) is 4.55 Å². The molecule has 0 aliphatic rings. The molecule has 0 atom stereocenters. The number of phenols is 1.